The van der Waals surface area contributed by atoms with Crippen LogP contribution in [0.25, 0.3) is 33.6 Å². The van der Waals surface area contributed by atoms with E-state index >= 15 is 0 Å². The van der Waals surface area contributed by atoms with Crippen LogP contribution in [0.4, 0.5) is 15.3 Å². The van der Waals surface area contributed by atoms with Gasteiger partial charge in [0.15, 0.2) is 5.54 Å². The van der Waals surface area contributed by atoms with Gasteiger partial charge >= 0.3 is 12.2 Å². The summed E-state index contributed by atoms with van der Waals surface area (Å²) in [5, 5.41) is 5.24. The Hall–Kier alpha value is -6.74. The second-order valence-electron chi connectivity index (χ2n) is 15.0. The van der Waals surface area contributed by atoms with Crippen LogP contribution in [0.5, 0.6) is 0 Å². The van der Waals surface area contributed by atoms with Crippen LogP contribution in [0.1, 0.15) is 54.1 Å². The van der Waals surface area contributed by atoms with Gasteiger partial charge in [0.1, 0.15) is 11.6 Å². The van der Waals surface area contributed by atoms with E-state index in [1.54, 1.807) is 17.3 Å². The maximum Gasteiger partial charge on any atom is 0.410 e. The molecule has 2 fully saturated rings. The van der Waals surface area contributed by atoms with Gasteiger partial charge in [-0.15, -0.1) is 0 Å². The lowest BCUT2D eigenvalue weighted by Gasteiger charge is -2.43. The van der Waals surface area contributed by atoms with E-state index in [1.807, 2.05) is 23.1 Å². The van der Waals surface area contributed by atoms with Crippen LogP contribution in [0.3, 0.4) is 0 Å². The summed E-state index contributed by atoms with van der Waals surface area (Å²) in [5.41, 5.74) is 8.18. The first-order valence-electron chi connectivity index (χ1n) is 19.3. The number of aromatic nitrogens is 4. The Kier molecular flexibility index (Phi) is 9.52. The van der Waals surface area contributed by atoms with Crippen LogP contribution < -0.4 is 15.5 Å². The minimum atomic E-state index is -1.13. The van der Waals surface area contributed by atoms with E-state index in [-0.39, 0.29) is 37.1 Å². The number of imidazole rings is 2. The molecule has 58 heavy (non-hydrogen) atoms. The van der Waals surface area contributed by atoms with E-state index in [0.29, 0.717) is 43.0 Å². The Morgan fingerprint density at radius 3 is 2.02 bits per heavy atom. The van der Waals surface area contributed by atoms with E-state index in [0.717, 1.165) is 63.3 Å². The summed E-state index contributed by atoms with van der Waals surface area (Å²) in [6.07, 6.45) is 7.13. The van der Waals surface area contributed by atoms with E-state index in [1.165, 1.54) is 20.4 Å². The number of carbonyl (C=O) groups excluding carboxylic acids is 4. The second kappa shape index (κ2) is 15.0. The highest BCUT2D eigenvalue weighted by molar-refractivity contribution is 6.08. The van der Waals surface area contributed by atoms with Crippen molar-refractivity contribution in [3.05, 3.63) is 114 Å². The standard InChI is InChI=1S/C43H42N8O7/c1-56-41(54)46-20-31-17-16-29-5-3-6-30-19-35(51(36(29)30)39(31)52)38-45-22-33(48-38)28-14-10-26(11-15-28)25-8-12-27(13-9-25)32-21-44-37(47-32)34-7-4-18-50(34)40(53)43(23-58-24-43)49-42(55)57-2/h3,5-6,8-15,20-22,34-35H,4,7,16-19,23-24H2,1-2H3,(H,44,47)(H,45,48)(H,46,54)(H,49,55)/b31-20+. The number of hydrogen-bond donors (Lipinski definition) is 4. The minimum Gasteiger partial charge on any atom is -0.453 e. The number of ether oxygens (including phenoxy) is 3. The zero-order valence-electron chi connectivity index (χ0n) is 32.0. The summed E-state index contributed by atoms with van der Waals surface area (Å²) < 4.78 is 14.8. The molecule has 0 aliphatic carbocycles. The molecule has 4 amide bonds. The smallest absolute Gasteiger partial charge is 0.410 e. The summed E-state index contributed by atoms with van der Waals surface area (Å²) in [6, 6.07) is 22.0. The number of nitrogens with one attached hydrogen (secondary N) is 4. The number of benzene rings is 3. The molecule has 2 atom stereocenters. The number of nitrogens with zero attached hydrogens (tertiary/aromatic N) is 4. The van der Waals surface area contributed by atoms with Crippen molar-refractivity contribution in [2.45, 2.75) is 49.7 Å². The highest BCUT2D eigenvalue weighted by atomic mass is 16.5. The number of para-hydroxylation sites is 1. The van der Waals surface area contributed by atoms with E-state index in [4.69, 9.17) is 19.2 Å². The Bertz CT molecular complexity index is 2430. The third-order valence-corrected chi connectivity index (χ3v) is 11.6. The lowest BCUT2D eigenvalue weighted by Crippen LogP contribution is -2.70. The molecule has 3 aromatic carbocycles. The summed E-state index contributed by atoms with van der Waals surface area (Å²) in [6.45, 7) is 0.767. The first-order chi connectivity index (χ1) is 28.2. The predicted molar refractivity (Wildman–Crippen MR) is 212 cm³/mol. The normalized spacial score (nSPS) is 20.0. The molecule has 0 spiro atoms. The van der Waals surface area contributed by atoms with Crippen molar-refractivity contribution in [2.75, 3.05) is 38.9 Å². The molecule has 15 nitrogen and oxygen atoms in total. The van der Waals surface area contributed by atoms with Crippen molar-refractivity contribution in [1.29, 1.82) is 0 Å². The van der Waals surface area contributed by atoms with Crippen LogP contribution in [-0.2, 0) is 36.6 Å². The Labute approximate surface area is 333 Å². The van der Waals surface area contributed by atoms with Gasteiger partial charge in [0.25, 0.3) is 11.8 Å². The number of rotatable bonds is 8. The monoisotopic (exact) mass is 782 g/mol. The number of alkyl carbamates (subject to hydrolysis) is 2. The maximum atomic E-state index is 14.0. The number of carbonyl (C=O) groups is 4. The number of aromatic amines is 2. The minimum absolute atomic E-state index is 0.103. The molecule has 4 aliphatic rings. The predicted octanol–water partition coefficient (Wildman–Crippen LogP) is 5.74. The number of hydrogen-bond acceptors (Lipinski definition) is 9. The lowest BCUT2D eigenvalue weighted by molar-refractivity contribution is -0.159. The number of amides is 4. The first-order valence-corrected chi connectivity index (χ1v) is 19.3. The average molecular weight is 783 g/mol. The molecule has 5 aromatic rings. The molecule has 4 N–H and O–H groups in total. The third kappa shape index (κ3) is 6.56. The van der Waals surface area contributed by atoms with E-state index < -0.39 is 17.7 Å². The van der Waals surface area contributed by atoms with Crippen LogP contribution in [0, 0.1) is 0 Å². The highest BCUT2D eigenvalue weighted by Gasteiger charge is 2.52. The van der Waals surface area contributed by atoms with E-state index in [2.05, 4.69) is 74.1 Å². The van der Waals surface area contributed by atoms with Crippen molar-refractivity contribution in [2.24, 2.45) is 0 Å². The van der Waals surface area contributed by atoms with Gasteiger partial charge in [0.05, 0.1) is 69.0 Å². The maximum absolute atomic E-state index is 14.0. The molecule has 2 saturated heterocycles. The Morgan fingerprint density at radius 1 is 0.810 bits per heavy atom. The molecule has 0 radical (unpaired) electrons. The van der Waals surface area contributed by atoms with Gasteiger partial charge in [0.2, 0.25) is 0 Å². The fourth-order valence-corrected chi connectivity index (χ4v) is 8.47. The SMILES string of the molecule is COC(=O)N/C=C1\CCc2cccc3c2N(C1=O)C(c1ncc(-c2ccc(-c4ccc(-c5cnc(C6CCCN6C(=O)C6(NC(=O)OC)COC6)[nH]5)cc4)cc2)[nH]1)C3. The number of anilines is 1. The largest absolute Gasteiger partial charge is 0.453 e. The number of aryl methyl sites for hydroxylation is 1. The molecule has 0 bridgehead atoms. The van der Waals surface area contributed by atoms with Gasteiger partial charge in [-0.1, -0.05) is 66.7 Å². The van der Waals surface area contributed by atoms with Gasteiger partial charge in [-0.05, 0) is 59.1 Å². The van der Waals surface area contributed by atoms with Crippen LogP contribution in [-0.4, -0.2) is 88.4 Å². The zero-order valence-corrected chi connectivity index (χ0v) is 32.0. The van der Waals surface area contributed by atoms with Crippen LogP contribution in [0.15, 0.2) is 90.9 Å². The van der Waals surface area contributed by atoms with Crippen molar-refractivity contribution in [1.82, 2.24) is 35.5 Å². The summed E-state index contributed by atoms with van der Waals surface area (Å²) >= 11 is 0. The molecular weight excluding hydrogens is 741 g/mol. The van der Waals surface area contributed by atoms with Gasteiger partial charge in [-0.25, -0.2) is 19.6 Å². The van der Waals surface area contributed by atoms with Gasteiger partial charge in [-0.2, -0.15) is 0 Å². The van der Waals surface area contributed by atoms with Gasteiger partial charge < -0.3 is 34.4 Å². The molecule has 9 rings (SSSR count). The number of H-pyrrole nitrogens is 2. The second-order valence-corrected chi connectivity index (χ2v) is 15.0. The number of methoxy groups -OCH3 is 2. The van der Waals surface area contributed by atoms with Crippen molar-refractivity contribution < 1.29 is 33.4 Å². The highest BCUT2D eigenvalue weighted by Crippen LogP contribution is 2.45. The lowest BCUT2D eigenvalue weighted by atomic mass is 9.95. The van der Waals surface area contributed by atoms with Gasteiger partial charge in [0, 0.05) is 24.7 Å². The molecule has 2 unspecified atom stereocenters. The zero-order chi connectivity index (χ0) is 40.0. The molecule has 6 heterocycles. The van der Waals surface area contributed by atoms with Crippen LogP contribution >= 0.6 is 0 Å². The Balaban J connectivity index is 0.884. The van der Waals surface area contributed by atoms with E-state index in [9.17, 15) is 19.2 Å². The fraction of sp³-hybridized carbons (Fsp3) is 0.302. The molecule has 15 heteroatoms. The topological polar surface area (TPSA) is 184 Å². The quantitative estimate of drug-likeness (QED) is 0.143. The summed E-state index contributed by atoms with van der Waals surface area (Å²) in [7, 11) is 2.56. The molecular formula is C43H42N8O7. The first kappa shape index (κ1) is 36.9. The third-order valence-electron chi connectivity index (χ3n) is 11.6. The fourth-order valence-electron chi connectivity index (χ4n) is 8.47. The van der Waals surface area contributed by atoms with Gasteiger partial charge in [-0.3, -0.25) is 19.8 Å². The summed E-state index contributed by atoms with van der Waals surface area (Å²) in [5.74, 6) is 1.03. The van der Waals surface area contributed by atoms with Crippen molar-refractivity contribution in [3.8, 4) is 33.6 Å². The van der Waals surface area contributed by atoms with Crippen molar-refractivity contribution in [3.63, 3.8) is 0 Å². The Morgan fingerprint density at radius 2 is 1.41 bits per heavy atom. The summed E-state index contributed by atoms with van der Waals surface area (Å²) in [4.78, 5) is 71.4. The average Bonchev–Trinajstić information content (AvgIpc) is 4.07. The molecule has 4 aliphatic heterocycles. The van der Waals surface area contributed by atoms with Crippen LogP contribution in [0.2, 0.25) is 0 Å². The number of likely N-dealkylation sites (tertiary alicyclic amines) is 1. The molecule has 2 aromatic heterocycles. The molecule has 296 valence electrons. The van der Waals surface area contributed by atoms with Crippen molar-refractivity contribution >= 4 is 29.7 Å². The molecule has 0 saturated carbocycles.